The van der Waals surface area contributed by atoms with Crippen LogP contribution in [0.3, 0.4) is 0 Å². The summed E-state index contributed by atoms with van der Waals surface area (Å²) in [5.41, 5.74) is 1.50. The van der Waals surface area contributed by atoms with Gasteiger partial charge in [-0.2, -0.15) is 0 Å². The number of nitrogens with zero attached hydrogens (tertiary/aromatic N) is 1. The van der Waals surface area contributed by atoms with Crippen molar-refractivity contribution in [3.8, 4) is 0 Å². The first kappa shape index (κ1) is 28.7. The van der Waals surface area contributed by atoms with Crippen molar-refractivity contribution in [2.45, 2.75) is 30.4 Å². The van der Waals surface area contributed by atoms with Crippen LogP contribution < -0.4 is 16.0 Å². The van der Waals surface area contributed by atoms with Crippen molar-refractivity contribution in [2.75, 3.05) is 10.6 Å². The van der Waals surface area contributed by atoms with Crippen molar-refractivity contribution < 1.29 is 18.9 Å². The first-order chi connectivity index (χ1) is 19.3. The number of nitrogens with one attached hydrogen (secondary N) is 3. The van der Waals surface area contributed by atoms with E-state index >= 15 is 0 Å². The van der Waals surface area contributed by atoms with Crippen LogP contribution in [0.25, 0.3) is 6.08 Å². The first-order valence-electron chi connectivity index (χ1n) is 12.5. The highest BCUT2D eigenvalue weighted by molar-refractivity contribution is 8.00. The molecule has 0 fully saturated rings. The fourth-order valence-corrected chi connectivity index (χ4v) is 4.86. The van der Waals surface area contributed by atoms with Gasteiger partial charge in [0.05, 0.1) is 5.25 Å². The van der Waals surface area contributed by atoms with E-state index in [-0.39, 0.29) is 11.6 Å². The summed E-state index contributed by atoms with van der Waals surface area (Å²) in [6, 6.07) is 24.4. The monoisotopic (exact) mass is 574 g/mol. The number of benzene rings is 3. The third-order valence-electron chi connectivity index (χ3n) is 5.65. The summed E-state index contributed by atoms with van der Waals surface area (Å²) in [5.74, 6) is -0.209. The molecule has 4 rings (SSSR count). The highest BCUT2D eigenvalue weighted by atomic mass is 35.5. The van der Waals surface area contributed by atoms with Gasteiger partial charge in [-0.05, 0) is 61.4 Å². The average molecular weight is 575 g/mol. The van der Waals surface area contributed by atoms with Crippen molar-refractivity contribution in [2.24, 2.45) is 0 Å². The molecule has 8 nitrogen and oxygen atoms in total. The zero-order chi connectivity index (χ0) is 28.5. The second-order valence-electron chi connectivity index (χ2n) is 8.71. The van der Waals surface area contributed by atoms with Gasteiger partial charge in [-0.25, -0.2) is 0 Å². The van der Waals surface area contributed by atoms with Crippen LogP contribution in [-0.4, -0.2) is 28.1 Å². The molecule has 1 aromatic heterocycles. The summed E-state index contributed by atoms with van der Waals surface area (Å²) in [6.45, 7) is 3.66. The largest absolute Gasteiger partial charge is 0.360 e. The minimum absolute atomic E-state index is 0.0220. The summed E-state index contributed by atoms with van der Waals surface area (Å²) in [4.78, 5) is 39.8. The summed E-state index contributed by atoms with van der Waals surface area (Å²) in [7, 11) is 0. The third-order valence-corrected chi connectivity index (χ3v) is 7.35. The van der Waals surface area contributed by atoms with Gasteiger partial charge in [0.15, 0.2) is 5.82 Å². The maximum Gasteiger partial charge on any atom is 0.272 e. The molecule has 0 saturated heterocycles. The van der Waals surface area contributed by atoms with Crippen molar-refractivity contribution in [1.29, 1.82) is 0 Å². The Morgan fingerprint density at radius 2 is 1.73 bits per heavy atom. The maximum absolute atomic E-state index is 13.4. The minimum Gasteiger partial charge on any atom is -0.360 e. The van der Waals surface area contributed by atoms with E-state index in [1.807, 2.05) is 13.0 Å². The number of amides is 3. The molecule has 1 unspecified atom stereocenters. The number of hydrogen-bond acceptors (Lipinski definition) is 6. The molecule has 4 aromatic rings. The minimum atomic E-state index is -0.530. The van der Waals surface area contributed by atoms with E-state index in [2.05, 4.69) is 21.1 Å². The zero-order valence-electron chi connectivity index (χ0n) is 21.8. The number of thioether (sulfide) groups is 1. The van der Waals surface area contributed by atoms with E-state index in [1.165, 1.54) is 17.8 Å². The van der Waals surface area contributed by atoms with Gasteiger partial charge in [0.1, 0.15) is 11.5 Å². The fourth-order valence-electron chi connectivity index (χ4n) is 3.65. The van der Waals surface area contributed by atoms with E-state index in [1.54, 1.807) is 85.8 Å². The van der Waals surface area contributed by atoms with Crippen LogP contribution in [-0.2, 0) is 9.59 Å². The summed E-state index contributed by atoms with van der Waals surface area (Å²) in [6.07, 6.45) is 2.10. The lowest BCUT2D eigenvalue weighted by molar-refractivity contribution is -0.116. The Kier molecular flexibility index (Phi) is 9.77. The summed E-state index contributed by atoms with van der Waals surface area (Å²) >= 11 is 7.68. The lowest BCUT2D eigenvalue weighted by atomic mass is 10.1. The molecule has 0 radical (unpaired) electrons. The van der Waals surface area contributed by atoms with E-state index in [4.69, 9.17) is 16.1 Å². The smallest absolute Gasteiger partial charge is 0.272 e. The van der Waals surface area contributed by atoms with Crippen molar-refractivity contribution >= 4 is 58.7 Å². The number of hydrogen-bond donors (Lipinski definition) is 3. The van der Waals surface area contributed by atoms with E-state index in [0.717, 1.165) is 4.90 Å². The predicted molar refractivity (Wildman–Crippen MR) is 158 cm³/mol. The molecule has 3 aromatic carbocycles. The summed E-state index contributed by atoms with van der Waals surface area (Å²) in [5, 5.41) is 12.2. The van der Waals surface area contributed by atoms with Crippen LogP contribution in [0.1, 0.15) is 35.0 Å². The van der Waals surface area contributed by atoms with Gasteiger partial charge < -0.3 is 20.5 Å². The van der Waals surface area contributed by atoms with Crippen LogP contribution in [0.4, 0.5) is 11.5 Å². The van der Waals surface area contributed by atoms with Crippen LogP contribution >= 0.6 is 23.4 Å². The average Bonchev–Trinajstić information content (AvgIpc) is 3.37. The van der Waals surface area contributed by atoms with Gasteiger partial charge in [-0.15, -0.1) is 11.8 Å². The van der Waals surface area contributed by atoms with Gasteiger partial charge in [-0.3, -0.25) is 14.4 Å². The lowest BCUT2D eigenvalue weighted by Crippen LogP contribution is -2.30. The molecule has 204 valence electrons. The molecule has 0 aliphatic carbocycles. The van der Waals surface area contributed by atoms with Crippen LogP contribution in [0.5, 0.6) is 0 Å². The standard InChI is InChI=1S/C30H27ClN4O4S/c1-3-26(30(38)34-27-16-19(2)39-35-27)40-23-14-9-13-22(18-23)32-29(37)25(17-21-12-7-8-15-24(21)31)33-28(36)20-10-5-4-6-11-20/h4-18,26H,3H2,1-2H3,(H,32,37)(H,33,36)(H,34,35,38)/b25-17+. The van der Waals surface area contributed by atoms with Gasteiger partial charge in [0.25, 0.3) is 11.8 Å². The Morgan fingerprint density at radius 3 is 2.42 bits per heavy atom. The van der Waals surface area contributed by atoms with Gasteiger partial charge in [-0.1, -0.05) is 66.1 Å². The molecule has 0 spiro atoms. The van der Waals surface area contributed by atoms with Gasteiger partial charge in [0.2, 0.25) is 5.91 Å². The molecule has 3 N–H and O–H groups in total. The van der Waals surface area contributed by atoms with E-state index in [9.17, 15) is 14.4 Å². The Labute approximate surface area is 241 Å². The Morgan fingerprint density at radius 1 is 0.975 bits per heavy atom. The normalized spacial score (nSPS) is 11.9. The molecular formula is C30H27ClN4O4S. The predicted octanol–water partition coefficient (Wildman–Crippen LogP) is 6.56. The van der Waals surface area contributed by atoms with Crippen LogP contribution in [0, 0.1) is 6.92 Å². The molecule has 0 bridgehead atoms. The number of halogens is 1. The third kappa shape index (κ3) is 7.84. The van der Waals surface area contributed by atoms with Gasteiger partial charge >= 0.3 is 0 Å². The molecular weight excluding hydrogens is 548 g/mol. The number of aryl methyl sites for hydroxylation is 1. The van der Waals surface area contributed by atoms with Crippen molar-refractivity contribution in [3.05, 3.63) is 113 Å². The van der Waals surface area contributed by atoms with E-state index in [0.29, 0.717) is 39.8 Å². The molecule has 1 heterocycles. The first-order valence-corrected chi connectivity index (χ1v) is 13.7. The Balaban J connectivity index is 1.51. The highest BCUT2D eigenvalue weighted by Crippen LogP contribution is 2.29. The van der Waals surface area contributed by atoms with Gasteiger partial charge in [0, 0.05) is 27.2 Å². The fraction of sp³-hybridized carbons (Fsp3) is 0.133. The maximum atomic E-state index is 13.4. The Hall–Kier alpha value is -4.34. The molecule has 0 saturated carbocycles. The molecule has 3 amide bonds. The van der Waals surface area contributed by atoms with E-state index < -0.39 is 17.1 Å². The van der Waals surface area contributed by atoms with Crippen LogP contribution in [0.2, 0.25) is 5.02 Å². The second-order valence-corrected chi connectivity index (χ2v) is 10.4. The van der Waals surface area contributed by atoms with Crippen molar-refractivity contribution in [1.82, 2.24) is 10.5 Å². The second kappa shape index (κ2) is 13.6. The Bertz CT molecular complexity index is 1540. The number of rotatable bonds is 10. The molecule has 0 aliphatic rings. The zero-order valence-corrected chi connectivity index (χ0v) is 23.4. The lowest BCUT2D eigenvalue weighted by Gasteiger charge is -2.15. The SMILES string of the molecule is CCC(Sc1cccc(NC(=O)/C(=C\c2ccccc2Cl)NC(=O)c2ccccc2)c1)C(=O)Nc1cc(C)on1. The number of carbonyl (C=O) groups is 3. The number of aromatic nitrogens is 1. The highest BCUT2D eigenvalue weighted by Gasteiger charge is 2.20. The molecule has 1 atom stereocenters. The summed E-state index contributed by atoms with van der Waals surface area (Å²) < 4.78 is 5.01. The number of carbonyl (C=O) groups excluding carboxylic acids is 3. The van der Waals surface area contributed by atoms with Crippen LogP contribution in [0.15, 0.2) is 100 Å². The molecule has 40 heavy (non-hydrogen) atoms. The van der Waals surface area contributed by atoms with Crippen molar-refractivity contribution in [3.63, 3.8) is 0 Å². The quantitative estimate of drug-likeness (QED) is 0.146. The topological polar surface area (TPSA) is 113 Å². The number of anilines is 2. The molecule has 10 heteroatoms. The molecule has 0 aliphatic heterocycles.